The van der Waals surface area contributed by atoms with Gasteiger partial charge in [-0.05, 0) is 74.4 Å². The second-order valence-corrected chi connectivity index (χ2v) is 6.49. The largest absolute Gasteiger partial charge is 0.294 e. The average molecular weight is 307 g/mol. The molecule has 2 aromatic rings. The predicted octanol–water partition coefficient (Wildman–Crippen LogP) is 3.89. The van der Waals surface area contributed by atoms with Crippen molar-refractivity contribution >= 4 is 11.6 Å². The lowest BCUT2D eigenvalue weighted by Gasteiger charge is -2.25. The number of Topliss-reactive ketones (excluding diaryl/α,β-unsaturated/α-hetero) is 2. The van der Waals surface area contributed by atoms with Gasteiger partial charge in [-0.2, -0.15) is 0 Å². The van der Waals surface area contributed by atoms with Crippen molar-refractivity contribution in [2.24, 2.45) is 5.92 Å². The van der Waals surface area contributed by atoms with E-state index < -0.39 is 0 Å². The van der Waals surface area contributed by atoms with Crippen molar-refractivity contribution < 1.29 is 9.59 Å². The molecule has 3 heteroatoms. The smallest absolute Gasteiger partial charge is 0.166 e. The van der Waals surface area contributed by atoms with Crippen LogP contribution in [0.15, 0.2) is 30.6 Å². The molecule has 3 nitrogen and oxygen atoms in total. The Kier molecular flexibility index (Phi) is 4.12. The van der Waals surface area contributed by atoms with Crippen molar-refractivity contribution in [1.82, 2.24) is 4.98 Å². The van der Waals surface area contributed by atoms with Gasteiger partial charge in [0.15, 0.2) is 11.6 Å². The summed E-state index contributed by atoms with van der Waals surface area (Å²) in [6.07, 6.45) is 5.67. The molecule has 0 spiro atoms. The minimum Gasteiger partial charge on any atom is -0.294 e. The Hall–Kier alpha value is -2.29. The van der Waals surface area contributed by atoms with Crippen LogP contribution in [0.25, 0.3) is 0 Å². The van der Waals surface area contributed by atoms with Gasteiger partial charge in [-0.25, -0.2) is 0 Å². The van der Waals surface area contributed by atoms with Gasteiger partial charge in [-0.15, -0.1) is 0 Å². The van der Waals surface area contributed by atoms with Crippen LogP contribution in [0.3, 0.4) is 0 Å². The molecule has 1 aliphatic rings. The molecule has 0 bridgehead atoms. The summed E-state index contributed by atoms with van der Waals surface area (Å²) in [5.74, 6) is 0.161. The van der Waals surface area contributed by atoms with Crippen LogP contribution in [-0.2, 0) is 12.8 Å². The number of nitrogens with zero attached hydrogens (tertiary/aromatic N) is 1. The molecular weight excluding hydrogens is 286 g/mol. The highest BCUT2D eigenvalue weighted by atomic mass is 16.1. The molecule has 1 aliphatic carbocycles. The molecule has 0 N–H and O–H groups in total. The molecular formula is C20H21NO2. The van der Waals surface area contributed by atoms with Gasteiger partial charge in [0.2, 0.25) is 0 Å². The number of hydrogen-bond donors (Lipinski definition) is 0. The predicted molar refractivity (Wildman–Crippen MR) is 90.0 cm³/mol. The maximum Gasteiger partial charge on any atom is 0.166 e. The fourth-order valence-corrected chi connectivity index (χ4v) is 3.37. The number of ketones is 2. The summed E-state index contributed by atoms with van der Waals surface area (Å²) in [6.45, 7) is 5.68. The monoisotopic (exact) mass is 307 g/mol. The van der Waals surface area contributed by atoms with Crippen LogP contribution >= 0.6 is 0 Å². The summed E-state index contributed by atoms with van der Waals surface area (Å²) in [6, 6.07) is 6.03. The van der Waals surface area contributed by atoms with Gasteiger partial charge in [-0.1, -0.05) is 6.07 Å². The quantitative estimate of drug-likeness (QED) is 0.808. The van der Waals surface area contributed by atoms with Crippen molar-refractivity contribution in [3.05, 3.63) is 64.0 Å². The molecule has 0 fully saturated rings. The zero-order valence-electron chi connectivity index (χ0n) is 13.8. The van der Waals surface area contributed by atoms with E-state index in [4.69, 9.17) is 0 Å². The third kappa shape index (κ3) is 2.96. The summed E-state index contributed by atoms with van der Waals surface area (Å²) < 4.78 is 0. The summed E-state index contributed by atoms with van der Waals surface area (Å²) in [5, 5.41) is 0. The van der Waals surface area contributed by atoms with Crippen molar-refractivity contribution in [3.8, 4) is 0 Å². The first-order chi connectivity index (χ1) is 11.0. The Morgan fingerprint density at radius 1 is 1.26 bits per heavy atom. The number of hydrogen-bond acceptors (Lipinski definition) is 3. The lowest BCUT2D eigenvalue weighted by atomic mass is 9.78. The van der Waals surface area contributed by atoms with Gasteiger partial charge < -0.3 is 0 Å². The molecule has 1 aromatic heterocycles. The summed E-state index contributed by atoms with van der Waals surface area (Å²) >= 11 is 0. The molecule has 0 radical (unpaired) electrons. The van der Waals surface area contributed by atoms with Crippen LogP contribution in [0.2, 0.25) is 0 Å². The summed E-state index contributed by atoms with van der Waals surface area (Å²) in [5.41, 5.74) is 5.98. The van der Waals surface area contributed by atoms with Crippen LogP contribution in [0, 0.1) is 19.8 Å². The maximum absolute atomic E-state index is 12.9. The van der Waals surface area contributed by atoms with E-state index in [9.17, 15) is 9.59 Å². The SMILES string of the molecule is CC(=O)c1cnccc1CC1CCc2cc(C)c(C)cc2C1=O. The minimum absolute atomic E-state index is 0.00299. The molecule has 1 aromatic carbocycles. The Balaban J connectivity index is 1.90. The second-order valence-electron chi connectivity index (χ2n) is 6.49. The summed E-state index contributed by atoms with van der Waals surface area (Å²) in [7, 11) is 0. The lowest BCUT2D eigenvalue weighted by molar-refractivity contribution is 0.0898. The highest BCUT2D eigenvalue weighted by Gasteiger charge is 2.28. The molecule has 3 rings (SSSR count). The Morgan fingerprint density at radius 2 is 2.00 bits per heavy atom. The number of fused-ring (bicyclic) bond motifs is 1. The highest BCUT2D eigenvalue weighted by molar-refractivity contribution is 6.01. The Labute approximate surface area is 136 Å². The number of pyridine rings is 1. The third-order valence-corrected chi connectivity index (χ3v) is 4.87. The first kappa shape index (κ1) is 15.6. The molecule has 23 heavy (non-hydrogen) atoms. The number of rotatable bonds is 3. The highest BCUT2D eigenvalue weighted by Crippen LogP contribution is 2.30. The minimum atomic E-state index is -0.0508. The van der Waals surface area contributed by atoms with E-state index >= 15 is 0 Å². The van der Waals surface area contributed by atoms with Crippen LogP contribution in [0.1, 0.15) is 56.3 Å². The first-order valence-corrected chi connectivity index (χ1v) is 8.05. The van der Waals surface area contributed by atoms with Crippen molar-refractivity contribution in [1.29, 1.82) is 0 Å². The van der Waals surface area contributed by atoms with Gasteiger partial charge in [-0.3, -0.25) is 14.6 Å². The maximum atomic E-state index is 12.9. The van der Waals surface area contributed by atoms with Crippen LogP contribution in [0.4, 0.5) is 0 Å². The number of aromatic nitrogens is 1. The fourth-order valence-electron chi connectivity index (χ4n) is 3.37. The lowest BCUT2D eigenvalue weighted by Crippen LogP contribution is -2.25. The molecule has 118 valence electrons. The second kappa shape index (κ2) is 6.07. The standard InChI is InChI=1S/C20H21NO2/c1-12-8-15-4-5-17(20(23)18(15)9-13(12)2)10-16-6-7-21-11-19(16)14(3)22/h6-9,11,17H,4-5,10H2,1-3H3. The third-order valence-electron chi connectivity index (χ3n) is 4.87. The topological polar surface area (TPSA) is 47.0 Å². The molecule has 0 saturated heterocycles. The van der Waals surface area contributed by atoms with E-state index in [1.807, 2.05) is 19.1 Å². The average Bonchev–Trinajstić information content (AvgIpc) is 2.52. The van der Waals surface area contributed by atoms with Crippen LogP contribution in [-0.4, -0.2) is 16.6 Å². The van der Waals surface area contributed by atoms with E-state index in [0.717, 1.165) is 35.1 Å². The first-order valence-electron chi connectivity index (χ1n) is 8.05. The van der Waals surface area contributed by atoms with E-state index in [1.54, 1.807) is 19.3 Å². The van der Waals surface area contributed by atoms with E-state index in [2.05, 4.69) is 18.0 Å². The van der Waals surface area contributed by atoms with Crippen molar-refractivity contribution in [2.75, 3.05) is 0 Å². The van der Waals surface area contributed by atoms with Crippen LogP contribution < -0.4 is 0 Å². The number of carbonyl (C=O) groups excluding carboxylic acids is 2. The Morgan fingerprint density at radius 3 is 2.74 bits per heavy atom. The van der Waals surface area contributed by atoms with Gasteiger partial charge in [0.25, 0.3) is 0 Å². The molecule has 0 amide bonds. The van der Waals surface area contributed by atoms with Gasteiger partial charge in [0.05, 0.1) is 0 Å². The zero-order valence-corrected chi connectivity index (χ0v) is 13.8. The van der Waals surface area contributed by atoms with Crippen LogP contribution in [0.5, 0.6) is 0 Å². The fraction of sp³-hybridized carbons (Fsp3) is 0.350. The Bertz CT molecular complexity index is 792. The molecule has 1 heterocycles. The number of carbonyl (C=O) groups is 2. The zero-order chi connectivity index (χ0) is 16.6. The van der Waals surface area contributed by atoms with Gasteiger partial charge in [0.1, 0.15) is 0 Å². The van der Waals surface area contributed by atoms with E-state index in [1.165, 1.54) is 5.56 Å². The normalized spacial score (nSPS) is 17.0. The number of benzene rings is 1. The van der Waals surface area contributed by atoms with Gasteiger partial charge >= 0.3 is 0 Å². The van der Waals surface area contributed by atoms with Crippen molar-refractivity contribution in [3.63, 3.8) is 0 Å². The van der Waals surface area contributed by atoms with Crippen molar-refractivity contribution in [2.45, 2.75) is 40.0 Å². The molecule has 0 aliphatic heterocycles. The van der Waals surface area contributed by atoms with E-state index in [0.29, 0.717) is 12.0 Å². The molecule has 1 atom stereocenters. The molecule has 0 saturated carbocycles. The van der Waals surface area contributed by atoms with E-state index in [-0.39, 0.29) is 17.5 Å². The molecule has 1 unspecified atom stereocenters. The van der Waals surface area contributed by atoms with Gasteiger partial charge in [0, 0.05) is 29.4 Å². The summed E-state index contributed by atoms with van der Waals surface area (Å²) in [4.78, 5) is 28.6. The number of aryl methyl sites for hydroxylation is 3.